The number of piperidine rings is 1. The first-order valence-electron chi connectivity index (χ1n) is 8.62. The predicted octanol–water partition coefficient (Wildman–Crippen LogP) is 0.341. The maximum Gasteiger partial charge on any atom is 0.242 e. The predicted molar refractivity (Wildman–Crippen MR) is 94.6 cm³/mol. The fraction of sp³-hybridized carbons (Fsp3) is 0.625. The Balaban J connectivity index is 1.57. The second kappa shape index (κ2) is 7.77. The molecule has 1 aromatic carbocycles. The van der Waals surface area contributed by atoms with Crippen molar-refractivity contribution < 1.29 is 13.5 Å². The number of aromatic nitrogens is 3. The molecule has 1 atom stereocenters. The monoisotopic (exact) mass is 367 g/mol. The van der Waals surface area contributed by atoms with Crippen molar-refractivity contribution in [2.24, 2.45) is 13.0 Å². The van der Waals surface area contributed by atoms with Crippen molar-refractivity contribution in [1.29, 1.82) is 0 Å². The average Bonchev–Trinajstić information content (AvgIpc) is 2.98. The molecule has 2 heterocycles. The molecule has 9 heteroatoms. The van der Waals surface area contributed by atoms with Crippen LogP contribution in [0.25, 0.3) is 11.0 Å². The van der Waals surface area contributed by atoms with Gasteiger partial charge >= 0.3 is 0 Å². The maximum atomic E-state index is 12.6. The lowest BCUT2D eigenvalue weighted by atomic mass is 9.99. The smallest absolute Gasteiger partial charge is 0.242 e. The Hall–Kier alpha value is -1.55. The number of hydrogen-bond donors (Lipinski definition) is 2. The summed E-state index contributed by atoms with van der Waals surface area (Å²) in [6.45, 7) is 3.34. The molecule has 1 saturated heterocycles. The summed E-state index contributed by atoms with van der Waals surface area (Å²) in [6, 6.07) is 4.97. The molecule has 2 N–H and O–H groups in total. The van der Waals surface area contributed by atoms with Crippen LogP contribution in [-0.2, 0) is 17.1 Å². The van der Waals surface area contributed by atoms with Gasteiger partial charge in [-0.3, -0.25) is 0 Å². The molecule has 1 aromatic heterocycles. The number of nitrogens with one attached hydrogen (secondary N) is 1. The molecule has 1 fully saturated rings. The third-order valence-corrected chi connectivity index (χ3v) is 6.06. The standard InChI is InChI=1S/C16H25N5O3S/c1-20-18-14-6-2-7-15(16(14)19-20)25(23,24)17-8-4-10-21-9-3-5-13(11-21)12-22/h2,6-7,13,17,22H,3-5,8-12H2,1H3. The van der Waals surface area contributed by atoms with Crippen LogP contribution in [-0.4, -0.2) is 66.2 Å². The number of aliphatic hydroxyl groups excluding tert-OH is 1. The number of benzene rings is 1. The van der Waals surface area contributed by atoms with Gasteiger partial charge in [-0.05, 0) is 50.4 Å². The SMILES string of the molecule is Cn1nc2cccc(S(=O)(=O)NCCCN3CCCC(CO)C3)c2n1. The average molecular weight is 367 g/mol. The van der Waals surface area contributed by atoms with Gasteiger partial charge in [0.05, 0.1) is 0 Å². The van der Waals surface area contributed by atoms with Gasteiger partial charge < -0.3 is 10.0 Å². The lowest BCUT2D eigenvalue weighted by Crippen LogP contribution is -2.38. The summed E-state index contributed by atoms with van der Waals surface area (Å²) in [6.07, 6.45) is 2.89. The minimum atomic E-state index is -3.62. The van der Waals surface area contributed by atoms with Gasteiger partial charge in [0.1, 0.15) is 15.9 Å². The Morgan fingerprint density at radius 3 is 3.00 bits per heavy atom. The molecule has 3 rings (SSSR count). The molecule has 25 heavy (non-hydrogen) atoms. The third kappa shape index (κ3) is 4.35. The summed E-state index contributed by atoms with van der Waals surface area (Å²) < 4.78 is 27.8. The highest BCUT2D eigenvalue weighted by molar-refractivity contribution is 7.89. The molecule has 1 aliphatic heterocycles. The molecule has 1 aliphatic rings. The minimum absolute atomic E-state index is 0.163. The van der Waals surface area contributed by atoms with Crippen LogP contribution in [0.4, 0.5) is 0 Å². The molecule has 138 valence electrons. The normalized spacial score (nSPS) is 19.5. The molecule has 0 bridgehead atoms. The molecule has 0 amide bonds. The van der Waals surface area contributed by atoms with Gasteiger partial charge in [0.2, 0.25) is 10.0 Å². The van der Waals surface area contributed by atoms with Gasteiger partial charge in [0.25, 0.3) is 0 Å². The minimum Gasteiger partial charge on any atom is -0.396 e. The van der Waals surface area contributed by atoms with Crippen molar-refractivity contribution in [2.45, 2.75) is 24.2 Å². The third-order valence-electron chi connectivity index (χ3n) is 4.57. The van der Waals surface area contributed by atoms with Gasteiger partial charge in [-0.25, -0.2) is 13.1 Å². The number of likely N-dealkylation sites (tertiary alicyclic amines) is 1. The van der Waals surface area contributed by atoms with Gasteiger partial charge in [-0.2, -0.15) is 15.0 Å². The van der Waals surface area contributed by atoms with E-state index in [1.807, 2.05) is 0 Å². The van der Waals surface area contributed by atoms with Crippen molar-refractivity contribution in [3.8, 4) is 0 Å². The summed E-state index contributed by atoms with van der Waals surface area (Å²) in [4.78, 5) is 3.83. The lowest BCUT2D eigenvalue weighted by Gasteiger charge is -2.31. The van der Waals surface area contributed by atoms with Crippen LogP contribution in [0.15, 0.2) is 23.1 Å². The highest BCUT2D eigenvalue weighted by Gasteiger charge is 2.21. The highest BCUT2D eigenvalue weighted by atomic mass is 32.2. The Morgan fingerprint density at radius 1 is 1.36 bits per heavy atom. The van der Waals surface area contributed by atoms with E-state index in [9.17, 15) is 13.5 Å². The molecule has 0 saturated carbocycles. The molecule has 2 aromatic rings. The van der Waals surface area contributed by atoms with E-state index in [4.69, 9.17) is 0 Å². The van der Waals surface area contributed by atoms with E-state index in [-0.39, 0.29) is 11.5 Å². The van der Waals surface area contributed by atoms with Crippen LogP contribution in [0.1, 0.15) is 19.3 Å². The Kier molecular flexibility index (Phi) is 5.67. The topological polar surface area (TPSA) is 100 Å². The Bertz CT molecular complexity index is 820. The molecule has 1 unspecified atom stereocenters. The first kappa shape index (κ1) is 18.2. The first-order valence-corrected chi connectivity index (χ1v) is 10.1. The van der Waals surface area contributed by atoms with Crippen LogP contribution in [0.3, 0.4) is 0 Å². The molecule has 0 radical (unpaired) electrons. The van der Waals surface area contributed by atoms with Gasteiger partial charge in [0.15, 0.2) is 0 Å². The van der Waals surface area contributed by atoms with E-state index >= 15 is 0 Å². The van der Waals surface area contributed by atoms with Crippen molar-refractivity contribution in [2.75, 3.05) is 32.8 Å². The summed E-state index contributed by atoms with van der Waals surface area (Å²) >= 11 is 0. The molecule has 0 aliphatic carbocycles. The molecule has 0 spiro atoms. The first-order chi connectivity index (χ1) is 12.0. The zero-order chi connectivity index (χ0) is 17.9. The number of fused-ring (bicyclic) bond motifs is 1. The van der Waals surface area contributed by atoms with Crippen LogP contribution >= 0.6 is 0 Å². The van der Waals surface area contributed by atoms with Gasteiger partial charge in [-0.15, -0.1) is 0 Å². The van der Waals surface area contributed by atoms with Crippen LogP contribution in [0.5, 0.6) is 0 Å². The second-order valence-electron chi connectivity index (χ2n) is 6.56. The van der Waals surface area contributed by atoms with E-state index in [0.717, 1.165) is 38.9 Å². The van der Waals surface area contributed by atoms with Crippen molar-refractivity contribution >= 4 is 21.1 Å². The van der Waals surface area contributed by atoms with Gasteiger partial charge in [0, 0.05) is 26.7 Å². The van der Waals surface area contributed by atoms with Crippen molar-refractivity contribution in [1.82, 2.24) is 24.6 Å². The summed E-state index contributed by atoms with van der Waals surface area (Å²) in [5.74, 6) is 0.347. The second-order valence-corrected chi connectivity index (χ2v) is 8.29. The summed E-state index contributed by atoms with van der Waals surface area (Å²) in [7, 11) is -1.95. The van der Waals surface area contributed by atoms with Crippen molar-refractivity contribution in [3.63, 3.8) is 0 Å². The number of sulfonamides is 1. The van der Waals surface area contributed by atoms with E-state index < -0.39 is 10.0 Å². The largest absolute Gasteiger partial charge is 0.396 e. The van der Waals surface area contributed by atoms with Crippen LogP contribution < -0.4 is 4.72 Å². The van der Waals surface area contributed by atoms with E-state index in [2.05, 4.69) is 19.8 Å². The fourth-order valence-electron chi connectivity index (χ4n) is 3.32. The zero-order valence-corrected chi connectivity index (χ0v) is 15.2. The maximum absolute atomic E-state index is 12.6. The highest BCUT2D eigenvalue weighted by Crippen LogP contribution is 2.19. The number of nitrogens with zero attached hydrogens (tertiary/aromatic N) is 4. The number of aryl methyl sites for hydroxylation is 1. The van der Waals surface area contributed by atoms with E-state index in [1.165, 1.54) is 4.80 Å². The van der Waals surface area contributed by atoms with E-state index in [1.54, 1.807) is 25.2 Å². The lowest BCUT2D eigenvalue weighted by molar-refractivity contribution is 0.120. The number of rotatable bonds is 7. The van der Waals surface area contributed by atoms with Gasteiger partial charge in [-0.1, -0.05) is 6.07 Å². The molecular formula is C16H25N5O3S. The van der Waals surface area contributed by atoms with Crippen LogP contribution in [0, 0.1) is 5.92 Å². The molecule has 8 nitrogen and oxygen atoms in total. The Labute approximate surface area is 147 Å². The number of aliphatic hydroxyl groups is 1. The Morgan fingerprint density at radius 2 is 2.20 bits per heavy atom. The number of hydrogen-bond acceptors (Lipinski definition) is 6. The molecular weight excluding hydrogens is 342 g/mol. The van der Waals surface area contributed by atoms with E-state index in [0.29, 0.717) is 23.5 Å². The quantitative estimate of drug-likeness (QED) is 0.685. The summed E-state index contributed by atoms with van der Waals surface area (Å²) in [5, 5.41) is 17.6. The van der Waals surface area contributed by atoms with Crippen LogP contribution in [0.2, 0.25) is 0 Å². The zero-order valence-electron chi connectivity index (χ0n) is 14.4. The fourth-order valence-corrected chi connectivity index (χ4v) is 4.55. The van der Waals surface area contributed by atoms with Crippen molar-refractivity contribution in [3.05, 3.63) is 18.2 Å². The summed E-state index contributed by atoms with van der Waals surface area (Å²) in [5.41, 5.74) is 0.952.